The van der Waals surface area contributed by atoms with Gasteiger partial charge in [-0.3, -0.25) is 14.7 Å². The molecule has 156 valence electrons. The molecule has 0 N–H and O–H groups in total. The lowest BCUT2D eigenvalue weighted by atomic mass is 10.2. The summed E-state index contributed by atoms with van der Waals surface area (Å²) < 4.78 is 11.0. The molecule has 3 aromatic rings. The van der Waals surface area contributed by atoms with Gasteiger partial charge in [0.2, 0.25) is 0 Å². The molecule has 3 heterocycles. The minimum atomic E-state index is 0.102. The van der Waals surface area contributed by atoms with E-state index in [1.807, 2.05) is 65.0 Å². The second-order valence-electron chi connectivity index (χ2n) is 7.18. The molecule has 0 spiro atoms. The molecule has 1 aliphatic rings. The quantitative estimate of drug-likeness (QED) is 0.580. The van der Waals surface area contributed by atoms with Crippen LogP contribution in [-0.4, -0.2) is 54.0 Å². The Kier molecular flexibility index (Phi) is 6.61. The summed E-state index contributed by atoms with van der Waals surface area (Å²) in [6.07, 6.45) is 1.82. The molecule has 1 saturated heterocycles. The third-order valence-electron chi connectivity index (χ3n) is 5.08. The van der Waals surface area contributed by atoms with Crippen LogP contribution in [0.4, 0.5) is 0 Å². The molecule has 30 heavy (non-hydrogen) atoms. The Bertz CT molecular complexity index is 969. The van der Waals surface area contributed by atoms with Gasteiger partial charge in [0.1, 0.15) is 18.1 Å². The van der Waals surface area contributed by atoms with Crippen molar-refractivity contribution >= 4 is 17.2 Å². The molecule has 0 radical (unpaired) electrons. The molecular weight excluding hydrogens is 398 g/mol. The zero-order chi connectivity index (χ0) is 20.8. The van der Waals surface area contributed by atoms with Crippen LogP contribution in [0.1, 0.15) is 20.9 Å². The van der Waals surface area contributed by atoms with Crippen LogP contribution in [-0.2, 0) is 13.2 Å². The minimum absolute atomic E-state index is 0.102. The first kappa shape index (κ1) is 20.4. The fraction of sp³-hybridized carbons (Fsp3) is 0.304. The summed E-state index contributed by atoms with van der Waals surface area (Å²) in [6, 6.07) is 15.4. The summed E-state index contributed by atoms with van der Waals surface area (Å²) in [5.41, 5.74) is 2.07. The topological polar surface area (TPSA) is 54.9 Å². The maximum atomic E-state index is 12.9. The van der Waals surface area contributed by atoms with Gasteiger partial charge in [-0.05, 0) is 35.7 Å². The van der Waals surface area contributed by atoms with Crippen molar-refractivity contribution in [2.45, 2.75) is 13.2 Å². The van der Waals surface area contributed by atoms with Gasteiger partial charge in [0.15, 0.2) is 0 Å². The second kappa shape index (κ2) is 9.73. The number of methoxy groups -OCH3 is 1. The number of benzene rings is 1. The Morgan fingerprint density at radius 1 is 1.07 bits per heavy atom. The monoisotopic (exact) mass is 423 g/mol. The van der Waals surface area contributed by atoms with Crippen LogP contribution in [0.2, 0.25) is 0 Å². The van der Waals surface area contributed by atoms with Crippen LogP contribution in [0.3, 0.4) is 0 Å². The molecule has 2 aromatic heterocycles. The van der Waals surface area contributed by atoms with E-state index in [0.29, 0.717) is 6.61 Å². The summed E-state index contributed by atoms with van der Waals surface area (Å²) in [6.45, 7) is 4.44. The minimum Gasteiger partial charge on any atom is -0.497 e. The van der Waals surface area contributed by atoms with Gasteiger partial charge in [0, 0.05) is 50.6 Å². The maximum absolute atomic E-state index is 12.9. The van der Waals surface area contributed by atoms with Crippen molar-refractivity contribution in [2.24, 2.45) is 0 Å². The summed E-state index contributed by atoms with van der Waals surface area (Å²) in [5.74, 6) is 1.61. The lowest BCUT2D eigenvalue weighted by molar-refractivity contribution is 0.0631. The third kappa shape index (κ3) is 5.17. The predicted octanol–water partition coefficient (Wildman–Crippen LogP) is 3.69. The number of ether oxygens (including phenoxy) is 2. The molecule has 0 bridgehead atoms. The third-order valence-corrected chi connectivity index (χ3v) is 6.05. The Hall–Kier alpha value is -2.90. The molecule has 0 saturated carbocycles. The summed E-state index contributed by atoms with van der Waals surface area (Å²) in [7, 11) is 1.63. The molecular formula is C23H25N3O3S. The Morgan fingerprint density at radius 3 is 2.67 bits per heavy atom. The standard InChI is InChI=1S/C23H25N3O3S/c1-28-20-6-4-7-21(14-20)29-16-18-13-22(30-17-18)23(27)26-11-9-25(10-12-26)15-19-5-2-3-8-24-19/h2-8,13-14,17H,9-12,15-16H2,1H3. The van der Waals surface area contributed by atoms with Crippen LogP contribution in [0.5, 0.6) is 11.5 Å². The van der Waals surface area contributed by atoms with Gasteiger partial charge in [-0.2, -0.15) is 0 Å². The molecule has 7 heteroatoms. The summed E-state index contributed by atoms with van der Waals surface area (Å²) in [4.78, 5) is 22.3. The first-order valence-corrected chi connectivity index (χ1v) is 10.8. The van der Waals surface area contributed by atoms with E-state index >= 15 is 0 Å². The number of nitrogens with zero attached hydrogens (tertiary/aromatic N) is 3. The van der Waals surface area contributed by atoms with Crippen LogP contribution >= 0.6 is 11.3 Å². The van der Waals surface area contributed by atoms with Gasteiger partial charge >= 0.3 is 0 Å². The van der Waals surface area contributed by atoms with Crippen LogP contribution in [0.15, 0.2) is 60.1 Å². The van der Waals surface area contributed by atoms with E-state index in [4.69, 9.17) is 9.47 Å². The van der Waals surface area contributed by atoms with Crippen molar-refractivity contribution in [1.82, 2.24) is 14.8 Å². The second-order valence-corrected chi connectivity index (χ2v) is 8.09. The van der Waals surface area contributed by atoms with E-state index < -0.39 is 0 Å². The number of carbonyl (C=O) groups excluding carboxylic acids is 1. The van der Waals surface area contributed by atoms with Crippen LogP contribution in [0, 0.1) is 0 Å². The van der Waals surface area contributed by atoms with E-state index in [9.17, 15) is 4.79 Å². The number of amides is 1. The lowest BCUT2D eigenvalue weighted by Crippen LogP contribution is -2.48. The van der Waals surface area contributed by atoms with Gasteiger partial charge in [0.25, 0.3) is 5.91 Å². The predicted molar refractivity (Wildman–Crippen MR) is 117 cm³/mol. The van der Waals surface area contributed by atoms with Crippen molar-refractivity contribution in [2.75, 3.05) is 33.3 Å². The fourth-order valence-corrected chi connectivity index (χ4v) is 4.27. The molecule has 4 rings (SSSR count). The molecule has 0 atom stereocenters. The van der Waals surface area contributed by atoms with Gasteiger partial charge in [-0.25, -0.2) is 0 Å². The van der Waals surface area contributed by atoms with E-state index in [0.717, 1.165) is 60.4 Å². The van der Waals surface area contributed by atoms with E-state index in [2.05, 4.69) is 9.88 Å². The Morgan fingerprint density at radius 2 is 1.90 bits per heavy atom. The highest BCUT2D eigenvalue weighted by molar-refractivity contribution is 7.12. The van der Waals surface area contributed by atoms with Gasteiger partial charge in [-0.15, -0.1) is 11.3 Å². The molecule has 1 aromatic carbocycles. The van der Waals surface area contributed by atoms with Crippen LogP contribution < -0.4 is 9.47 Å². The van der Waals surface area contributed by atoms with Crippen molar-refractivity contribution < 1.29 is 14.3 Å². The zero-order valence-corrected chi connectivity index (χ0v) is 17.8. The molecule has 0 unspecified atom stereocenters. The number of aromatic nitrogens is 1. The number of hydrogen-bond acceptors (Lipinski definition) is 6. The smallest absolute Gasteiger partial charge is 0.264 e. The van der Waals surface area contributed by atoms with Gasteiger partial charge in [-0.1, -0.05) is 12.1 Å². The Labute approximate surface area is 180 Å². The highest BCUT2D eigenvalue weighted by Crippen LogP contribution is 2.22. The van der Waals surface area contributed by atoms with Crippen molar-refractivity contribution in [3.05, 3.63) is 76.2 Å². The number of thiophene rings is 1. The molecule has 1 aliphatic heterocycles. The number of carbonyl (C=O) groups is 1. The molecule has 1 amide bonds. The van der Waals surface area contributed by atoms with E-state index in [1.54, 1.807) is 7.11 Å². The summed E-state index contributed by atoms with van der Waals surface area (Å²) in [5, 5.41) is 1.99. The lowest BCUT2D eigenvalue weighted by Gasteiger charge is -2.34. The highest BCUT2D eigenvalue weighted by atomic mass is 32.1. The number of piperazine rings is 1. The first-order valence-electron chi connectivity index (χ1n) is 9.97. The summed E-state index contributed by atoms with van der Waals surface area (Å²) >= 11 is 1.48. The molecule has 1 fully saturated rings. The normalized spacial score (nSPS) is 14.5. The van der Waals surface area contributed by atoms with Crippen LogP contribution in [0.25, 0.3) is 0 Å². The molecule has 6 nitrogen and oxygen atoms in total. The SMILES string of the molecule is COc1cccc(OCc2csc(C(=O)N3CCN(Cc4ccccn4)CC3)c2)c1. The van der Waals surface area contributed by atoms with Crippen molar-refractivity contribution in [3.63, 3.8) is 0 Å². The first-order chi connectivity index (χ1) is 14.7. The van der Waals surface area contributed by atoms with Gasteiger partial charge < -0.3 is 14.4 Å². The Balaban J connectivity index is 1.28. The fourth-order valence-electron chi connectivity index (χ4n) is 3.41. The van der Waals surface area contributed by atoms with E-state index in [-0.39, 0.29) is 5.91 Å². The average Bonchev–Trinajstić information content (AvgIpc) is 3.28. The average molecular weight is 424 g/mol. The van der Waals surface area contributed by atoms with E-state index in [1.165, 1.54) is 11.3 Å². The number of pyridine rings is 1. The molecule has 0 aliphatic carbocycles. The van der Waals surface area contributed by atoms with Crippen molar-refractivity contribution in [3.8, 4) is 11.5 Å². The number of hydrogen-bond donors (Lipinski definition) is 0. The van der Waals surface area contributed by atoms with Gasteiger partial charge in [0.05, 0.1) is 17.7 Å². The largest absolute Gasteiger partial charge is 0.497 e. The van der Waals surface area contributed by atoms with Crippen molar-refractivity contribution in [1.29, 1.82) is 0 Å². The maximum Gasteiger partial charge on any atom is 0.264 e. The zero-order valence-electron chi connectivity index (χ0n) is 17.0. The highest BCUT2D eigenvalue weighted by Gasteiger charge is 2.23. The number of rotatable bonds is 7.